The van der Waals surface area contributed by atoms with Crippen molar-refractivity contribution >= 4 is 23.5 Å². The number of carbonyl (C=O) groups excluding carboxylic acids is 3. The van der Waals surface area contributed by atoms with Crippen LogP contribution in [0.15, 0.2) is 18.2 Å². The van der Waals surface area contributed by atoms with Gasteiger partial charge in [0, 0.05) is 31.8 Å². The average molecular weight is 389 g/mol. The summed E-state index contributed by atoms with van der Waals surface area (Å²) < 4.78 is 10.5. The van der Waals surface area contributed by atoms with Crippen molar-refractivity contribution in [3.8, 4) is 11.5 Å². The fourth-order valence-electron chi connectivity index (χ4n) is 3.93. The maximum Gasteiger partial charge on any atom is 0.325 e. The second-order valence-corrected chi connectivity index (χ2v) is 7.27. The Bertz CT molecular complexity index is 773. The highest BCUT2D eigenvalue weighted by Gasteiger charge is 2.51. The van der Waals surface area contributed by atoms with Gasteiger partial charge in [-0.3, -0.25) is 14.5 Å². The van der Waals surface area contributed by atoms with E-state index in [0.29, 0.717) is 30.0 Å². The summed E-state index contributed by atoms with van der Waals surface area (Å²) in [4.78, 5) is 40.4. The number of urea groups is 1. The highest BCUT2D eigenvalue weighted by atomic mass is 16.5. The Morgan fingerprint density at radius 1 is 1.14 bits per heavy atom. The van der Waals surface area contributed by atoms with Crippen molar-refractivity contribution in [2.75, 3.05) is 32.7 Å². The van der Waals surface area contributed by atoms with Crippen molar-refractivity contribution in [2.24, 2.45) is 0 Å². The number of ether oxygens (including phenoxy) is 2. The first-order valence-electron chi connectivity index (χ1n) is 9.54. The molecule has 0 unspecified atom stereocenters. The Balaban J connectivity index is 1.63. The number of anilines is 1. The van der Waals surface area contributed by atoms with Gasteiger partial charge in [0.2, 0.25) is 5.91 Å². The van der Waals surface area contributed by atoms with Gasteiger partial charge in [-0.25, -0.2) is 4.79 Å². The summed E-state index contributed by atoms with van der Waals surface area (Å²) in [6.45, 7) is 0.0723. The summed E-state index contributed by atoms with van der Waals surface area (Å²) in [6, 6.07) is 4.79. The van der Waals surface area contributed by atoms with Crippen molar-refractivity contribution < 1.29 is 23.9 Å². The van der Waals surface area contributed by atoms with Crippen LogP contribution in [0.5, 0.6) is 11.5 Å². The molecule has 2 aliphatic rings. The average Bonchev–Trinajstić information content (AvgIpc) is 2.94. The molecule has 152 valence electrons. The monoisotopic (exact) mass is 389 g/mol. The van der Waals surface area contributed by atoms with E-state index in [0.717, 1.165) is 19.3 Å². The molecule has 1 heterocycles. The number of rotatable bonds is 6. The Hall–Kier alpha value is -2.77. The normalized spacial score (nSPS) is 18.2. The van der Waals surface area contributed by atoms with E-state index in [-0.39, 0.29) is 24.8 Å². The van der Waals surface area contributed by atoms with Gasteiger partial charge in [-0.15, -0.1) is 0 Å². The first-order valence-corrected chi connectivity index (χ1v) is 9.54. The number of amides is 4. The smallest absolute Gasteiger partial charge is 0.325 e. The van der Waals surface area contributed by atoms with Gasteiger partial charge in [-0.05, 0) is 25.0 Å². The SMILES string of the molecule is COc1ccc(N(C)C(=O)CCN2C(=O)NC3(CCCCC3)C2=O)cc1OC. The Labute approximate surface area is 164 Å². The third kappa shape index (κ3) is 3.63. The highest BCUT2D eigenvalue weighted by Crippen LogP contribution is 2.34. The fraction of sp³-hybridized carbons (Fsp3) is 0.550. The molecule has 28 heavy (non-hydrogen) atoms. The summed E-state index contributed by atoms with van der Waals surface area (Å²) in [5.74, 6) is 0.702. The molecule has 1 saturated heterocycles. The summed E-state index contributed by atoms with van der Waals surface area (Å²) in [6.07, 6.45) is 4.35. The first-order chi connectivity index (χ1) is 13.4. The number of nitrogens with one attached hydrogen (secondary N) is 1. The second-order valence-electron chi connectivity index (χ2n) is 7.27. The molecule has 1 aliphatic carbocycles. The number of hydrogen-bond acceptors (Lipinski definition) is 5. The molecular formula is C20H27N3O5. The molecule has 0 atom stereocenters. The van der Waals surface area contributed by atoms with Gasteiger partial charge < -0.3 is 19.7 Å². The maximum atomic E-state index is 12.8. The molecule has 2 fully saturated rings. The van der Waals surface area contributed by atoms with Crippen LogP contribution in [0, 0.1) is 0 Å². The van der Waals surface area contributed by atoms with E-state index in [9.17, 15) is 14.4 Å². The summed E-state index contributed by atoms with van der Waals surface area (Å²) in [7, 11) is 4.73. The Morgan fingerprint density at radius 3 is 2.46 bits per heavy atom. The van der Waals surface area contributed by atoms with Gasteiger partial charge >= 0.3 is 6.03 Å². The van der Waals surface area contributed by atoms with Crippen LogP contribution in [0.3, 0.4) is 0 Å². The van der Waals surface area contributed by atoms with Crippen LogP contribution in [-0.2, 0) is 9.59 Å². The van der Waals surface area contributed by atoms with Crippen molar-refractivity contribution in [1.82, 2.24) is 10.2 Å². The lowest BCUT2D eigenvalue weighted by molar-refractivity contribution is -0.132. The zero-order valence-electron chi connectivity index (χ0n) is 16.6. The quantitative estimate of drug-likeness (QED) is 0.755. The van der Waals surface area contributed by atoms with Crippen LogP contribution < -0.4 is 19.7 Å². The van der Waals surface area contributed by atoms with Crippen molar-refractivity contribution in [2.45, 2.75) is 44.1 Å². The molecule has 1 spiro atoms. The standard InChI is InChI=1S/C20H27N3O5/c1-22(14-7-8-15(27-2)16(13-14)28-3)17(24)9-12-23-18(25)20(21-19(23)26)10-5-4-6-11-20/h7-8,13H,4-6,9-12H2,1-3H3,(H,21,26). The molecular weight excluding hydrogens is 362 g/mol. The summed E-state index contributed by atoms with van der Waals surface area (Å²) >= 11 is 0. The number of carbonyl (C=O) groups is 3. The van der Waals surface area contributed by atoms with E-state index >= 15 is 0 Å². The van der Waals surface area contributed by atoms with E-state index in [1.54, 1.807) is 32.4 Å². The van der Waals surface area contributed by atoms with E-state index in [1.807, 2.05) is 0 Å². The molecule has 1 aromatic rings. The minimum atomic E-state index is -0.756. The topological polar surface area (TPSA) is 88.2 Å². The van der Waals surface area contributed by atoms with Crippen molar-refractivity contribution in [3.63, 3.8) is 0 Å². The fourth-order valence-corrected chi connectivity index (χ4v) is 3.93. The molecule has 0 radical (unpaired) electrons. The van der Waals surface area contributed by atoms with Crippen molar-refractivity contribution in [3.05, 3.63) is 18.2 Å². The number of hydrogen-bond donors (Lipinski definition) is 1. The third-order valence-corrected chi connectivity index (χ3v) is 5.63. The molecule has 3 rings (SSSR count). The van der Waals surface area contributed by atoms with Crippen LogP contribution in [0.25, 0.3) is 0 Å². The minimum absolute atomic E-state index is 0.0556. The predicted octanol–water partition coefficient (Wildman–Crippen LogP) is 2.31. The molecule has 1 aromatic carbocycles. The number of nitrogens with zero attached hydrogens (tertiary/aromatic N) is 2. The summed E-state index contributed by atoms with van der Waals surface area (Å²) in [5, 5.41) is 2.86. The van der Waals surface area contributed by atoms with Crippen LogP contribution >= 0.6 is 0 Å². The molecule has 1 N–H and O–H groups in total. The van der Waals surface area contributed by atoms with E-state index in [2.05, 4.69) is 5.32 Å². The molecule has 8 heteroatoms. The van der Waals surface area contributed by atoms with Crippen molar-refractivity contribution in [1.29, 1.82) is 0 Å². The Morgan fingerprint density at radius 2 is 1.82 bits per heavy atom. The third-order valence-electron chi connectivity index (χ3n) is 5.63. The molecule has 0 bridgehead atoms. The van der Waals surface area contributed by atoms with Gasteiger partial charge in [0.15, 0.2) is 11.5 Å². The lowest BCUT2D eigenvalue weighted by Crippen LogP contribution is -2.48. The van der Waals surface area contributed by atoms with E-state index in [4.69, 9.17) is 9.47 Å². The van der Waals surface area contributed by atoms with Gasteiger partial charge in [-0.2, -0.15) is 0 Å². The first kappa shape index (κ1) is 20.0. The highest BCUT2D eigenvalue weighted by molar-refractivity contribution is 6.07. The van der Waals surface area contributed by atoms with Gasteiger partial charge in [0.05, 0.1) is 14.2 Å². The molecule has 0 aromatic heterocycles. The maximum absolute atomic E-state index is 12.8. The largest absolute Gasteiger partial charge is 0.493 e. The van der Waals surface area contributed by atoms with E-state index < -0.39 is 11.6 Å². The van der Waals surface area contributed by atoms with Gasteiger partial charge in [-0.1, -0.05) is 19.3 Å². The molecule has 1 aliphatic heterocycles. The predicted molar refractivity (Wildman–Crippen MR) is 104 cm³/mol. The van der Waals surface area contributed by atoms with Gasteiger partial charge in [0.25, 0.3) is 5.91 Å². The second kappa shape index (κ2) is 8.08. The van der Waals surface area contributed by atoms with Gasteiger partial charge in [0.1, 0.15) is 5.54 Å². The number of benzene rings is 1. The molecule has 8 nitrogen and oxygen atoms in total. The lowest BCUT2D eigenvalue weighted by Gasteiger charge is -2.30. The van der Waals surface area contributed by atoms with Crippen LogP contribution in [0.4, 0.5) is 10.5 Å². The Kier molecular flexibility index (Phi) is 5.76. The zero-order valence-corrected chi connectivity index (χ0v) is 16.6. The lowest BCUT2D eigenvalue weighted by atomic mass is 9.82. The minimum Gasteiger partial charge on any atom is -0.493 e. The molecule has 4 amide bonds. The summed E-state index contributed by atoms with van der Waals surface area (Å²) in [5.41, 5.74) is -0.114. The number of imide groups is 1. The van der Waals surface area contributed by atoms with Crippen LogP contribution in [0.1, 0.15) is 38.5 Å². The van der Waals surface area contributed by atoms with Crippen LogP contribution in [-0.4, -0.2) is 56.1 Å². The van der Waals surface area contributed by atoms with E-state index in [1.165, 1.54) is 16.9 Å². The van der Waals surface area contributed by atoms with Crippen LogP contribution in [0.2, 0.25) is 0 Å². The molecule has 1 saturated carbocycles. The number of methoxy groups -OCH3 is 2. The zero-order chi connectivity index (χ0) is 20.3.